The summed E-state index contributed by atoms with van der Waals surface area (Å²) in [7, 11) is -0.674. The molecule has 0 fully saturated rings. The Labute approximate surface area is 160 Å². The summed E-state index contributed by atoms with van der Waals surface area (Å²) in [6.07, 6.45) is 1.38. The number of sulfonamides is 1. The minimum absolute atomic E-state index is 0.292. The van der Waals surface area contributed by atoms with Crippen LogP contribution < -0.4 is 19.1 Å². The number of carbonyl (C=O) groups excluding carboxylic acids is 1. The van der Waals surface area contributed by atoms with Crippen molar-refractivity contribution >= 4 is 27.3 Å². The third-order valence-corrected chi connectivity index (χ3v) is 5.18. The van der Waals surface area contributed by atoms with E-state index in [1.54, 1.807) is 55.5 Å². The largest absolute Gasteiger partial charge is 0.497 e. The highest BCUT2D eigenvalue weighted by molar-refractivity contribution is 7.92. The van der Waals surface area contributed by atoms with Crippen LogP contribution in [0.25, 0.3) is 0 Å². The first kappa shape index (κ1) is 20.6. The predicted molar refractivity (Wildman–Crippen MR) is 106 cm³/mol. The minimum Gasteiger partial charge on any atom is -0.497 e. The number of rotatable bonds is 8. The fraction of sp³-hybridized carbons (Fsp3) is 0.316. The molecule has 8 heteroatoms. The third kappa shape index (κ3) is 4.91. The second kappa shape index (κ2) is 8.77. The molecule has 0 heterocycles. The van der Waals surface area contributed by atoms with Crippen molar-refractivity contribution in [3.63, 3.8) is 0 Å². The van der Waals surface area contributed by atoms with Gasteiger partial charge < -0.3 is 14.8 Å². The smallest absolute Gasteiger partial charge is 0.248 e. The lowest BCUT2D eigenvalue weighted by Gasteiger charge is -2.30. The molecule has 0 aromatic heterocycles. The van der Waals surface area contributed by atoms with Crippen molar-refractivity contribution in [2.45, 2.75) is 19.4 Å². The summed E-state index contributed by atoms with van der Waals surface area (Å²) in [6.45, 7) is 1.76. The number of ether oxygens (including phenoxy) is 2. The van der Waals surface area contributed by atoms with E-state index in [9.17, 15) is 13.2 Å². The summed E-state index contributed by atoms with van der Waals surface area (Å²) in [5.41, 5.74) is 0.835. The molecule has 0 aliphatic heterocycles. The zero-order valence-corrected chi connectivity index (χ0v) is 16.6. The Hall–Kier alpha value is -2.74. The molecule has 0 aliphatic carbocycles. The van der Waals surface area contributed by atoms with Crippen molar-refractivity contribution < 1.29 is 22.7 Å². The third-order valence-electron chi connectivity index (χ3n) is 4.00. The highest BCUT2D eigenvalue weighted by atomic mass is 32.2. The number of para-hydroxylation sites is 1. The van der Waals surface area contributed by atoms with Crippen molar-refractivity contribution in [2.24, 2.45) is 0 Å². The average Bonchev–Trinajstić information content (AvgIpc) is 2.65. The van der Waals surface area contributed by atoms with Crippen molar-refractivity contribution in [3.05, 3.63) is 48.5 Å². The van der Waals surface area contributed by atoms with Gasteiger partial charge in [0.1, 0.15) is 17.5 Å². The first-order valence-corrected chi connectivity index (χ1v) is 10.2. The molecule has 7 nitrogen and oxygen atoms in total. The first-order valence-electron chi connectivity index (χ1n) is 8.39. The fourth-order valence-electron chi connectivity index (χ4n) is 2.76. The number of benzene rings is 2. The minimum atomic E-state index is -3.68. The van der Waals surface area contributed by atoms with Crippen LogP contribution in [0.2, 0.25) is 0 Å². The molecule has 0 spiro atoms. The number of anilines is 2. The normalized spacial score (nSPS) is 12.1. The summed E-state index contributed by atoms with van der Waals surface area (Å²) in [4.78, 5) is 13.0. The summed E-state index contributed by atoms with van der Waals surface area (Å²) in [6, 6.07) is 12.6. The Morgan fingerprint density at radius 1 is 1.11 bits per heavy atom. The molecule has 2 rings (SSSR count). The van der Waals surface area contributed by atoms with Gasteiger partial charge in [0.25, 0.3) is 0 Å². The van der Waals surface area contributed by atoms with Gasteiger partial charge in [-0.25, -0.2) is 8.42 Å². The lowest BCUT2D eigenvalue weighted by atomic mass is 10.1. The molecule has 0 aliphatic rings. The fourth-order valence-corrected chi connectivity index (χ4v) is 3.97. The maximum absolute atomic E-state index is 13.0. The molecular formula is C19H24N2O5S. The second-order valence-corrected chi connectivity index (χ2v) is 7.73. The maximum Gasteiger partial charge on any atom is 0.248 e. The molecule has 146 valence electrons. The number of carbonyl (C=O) groups is 1. The first-order chi connectivity index (χ1) is 12.8. The molecule has 0 saturated carbocycles. The second-order valence-electron chi connectivity index (χ2n) is 5.87. The van der Waals surface area contributed by atoms with E-state index in [-0.39, 0.29) is 0 Å². The van der Waals surface area contributed by atoms with E-state index in [0.29, 0.717) is 29.3 Å². The van der Waals surface area contributed by atoms with Crippen LogP contribution in [0.15, 0.2) is 48.5 Å². The van der Waals surface area contributed by atoms with Crippen LogP contribution in [0.1, 0.15) is 13.3 Å². The summed E-state index contributed by atoms with van der Waals surface area (Å²) in [5, 5.41) is 2.76. The van der Waals surface area contributed by atoms with Crippen molar-refractivity contribution in [1.29, 1.82) is 0 Å². The van der Waals surface area contributed by atoms with E-state index < -0.39 is 22.0 Å². The van der Waals surface area contributed by atoms with Crippen LogP contribution in [0, 0.1) is 0 Å². The quantitative estimate of drug-likeness (QED) is 0.747. The molecule has 0 unspecified atom stereocenters. The van der Waals surface area contributed by atoms with Crippen LogP contribution >= 0.6 is 0 Å². The number of nitrogens with zero attached hydrogens (tertiary/aromatic N) is 1. The molecule has 0 saturated heterocycles. The van der Waals surface area contributed by atoms with Crippen LogP contribution in [-0.4, -0.2) is 40.8 Å². The van der Waals surface area contributed by atoms with Gasteiger partial charge in [-0.2, -0.15) is 0 Å². The van der Waals surface area contributed by atoms with E-state index in [1.165, 1.54) is 14.2 Å². The average molecular weight is 392 g/mol. The zero-order chi connectivity index (χ0) is 20.0. The van der Waals surface area contributed by atoms with E-state index in [0.717, 1.165) is 10.6 Å². The van der Waals surface area contributed by atoms with Gasteiger partial charge in [0.05, 0.1) is 31.9 Å². The van der Waals surface area contributed by atoms with Crippen molar-refractivity contribution in [2.75, 3.05) is 30.1 Å². The predicted octanol–water partition coefficient (Wildman–Crippen LogP) is 2.89. The number of nitrogens with one attached hydrogen (secondary N) is 1. The van der Waals surface area contributed by atoms with E-state index in [2.05, 4.69) is 5.32 Å². The lowest BCUT2D eigenvalue weighted by molar-refractivity contribution is -0.117. The van der Waals surface area contributed by atoms with Gasteiger partial charge in [0.15, 0.2) is 0 Å². The Morgan fingerprint density at radius 3 is 2.30 bits per heavy atom. The molecule has 2 aromatic carbocycles. The number of hydrogen-bond donors (Lipinski definition) is 1. The van der Waals surface area contributed by atoms with Crippen LogP contribution in [0.3, 0.4) is 0 Å². The summed E-state index contributed by atoms with van der Waals surface area (Å²) in [5.74, 6) is 0.533. The molecule has 2 aromatic rings. The van der Waals surface area contributed by atoms with Crippen LogP contribution in [0.5, 0.6) is 11.5 Å². The Bertz CT molecular complexity index is 884. The number of amides is 1. The standard InChI is InChI=1S/C19H24N2O5S/c1-5-17(21(27(4,23)24)14-9-7-6-8-10-14)19(22)20-16-13-15(25-2)11-12-18(16)26-3/h6-13,17H,5H2,1-4H3,(H,20,22)/t17-/m0/s1. The van der Waals surface area contributed by atoms with Crippen molar-refractivity contribution in [1.82, 2.24) is 0 Å². The Kier molecular flexibility index (Phi) is 6.68. The molecule has 0 radical (unpaired) electrons. The lowest BCUT2D eigenvalue weighted by Crippen LogP contribution is -2.47. The summed E-state index contributed by atoms with van der Waals surface area (Å²) >= 11 is 0. The number of hydrogen-bond acceptors (Lipinski definition) is 5. The van der Waals surface area contributed by atoms with Crippen LogP contribution in [-0.2, 0) is 14.8 Å². The van der Waals surface area contributed by atoms with Gasteiger partial charge in [-0.15, -0.1) is 0 Å². The van der Waals surface area contributed by atoms with Gasteiger partial charge in [0, 0.05) is 6.07 Å². The van der Waals surface area contributed by atoms with Gasteiger partial charge in [-0.3, -0.25) is 9.10 Å². The Balaban J connectivity index is 2.39. The molecule has 0 bridgehead atoms. The zero-order valence-electron chi connectivity index (χ0n) is 15.8. The SMILES string of the molecule is CC[C@@H](C(=O)Nc1cc(OC)ccc1OC)N(c1ccccc1)S(C)(=O)=O. The highest BCUT2D eigenvalue weighted by Gasteiger charge is 2.31. The van der Waals surface area contributed by atoms with Gasteiger partial charge >= 0.3 is 0 Å². The molecule has 27 heavy (non-hydrogen) atoms. The molecular weight excluding hydrogens is 368 g/mol. The van der Waals surface area contributed by atoms with Crippen molar-refractivity contribution in [3.8, 4) is 11.5 Å². The highest BCUT2D eigenvalue weighted by Crippen LogP contribution is 2.30. The van der Waals surface area contributed by atoms with Gasteiger partial charge in [-0.1, -0.05) is 25.1 Å². The number of methoxy groups -OCH3 is 2. The van der Waals surface area contributed by atoms with Crippen LogP contribution in [0.4, 0.5) is 11.4 Å². The molecule has 1 N–H and O–H groups in total. The maximum atomic E-state index is 13.0. The monoisotopic (exact) mass is 392 g/mol. The molecule has 1 atom stereocenters. The van der Waals surface area contributed by atoms with E-state index in [4.69, 9.17) is 9.47 Å². The molecule has 1 amide bonds. The summed E-state index contributed by atoms with van der Waals surface area (Å²) < 4.78 is 36.4. The van der Waals surface area contributed by atoms with E-state index >= 15 is 0 Å². The topological polar surface area (TPSA) is 84.9 Å². The Morgan fingerprint density at radius 2 is 1.78 bits per heavy atom. The van der Waals surface area contributed by atoms with Gasteiger partial charge in [-0.05, 0) is 30.7 Å². The van der Waals surface area contributed by atoms with E-state index in [1.807, 2.05) is 0 Å². The van der Waals surface area contributed by atoms with Gasteiger partial charge in [0.2, 0.25) is 15.9 Å².